The van der Waals surface area contributed by atoms with Crippen LogP contribution in [-0.4, -0.2) is 79.6 Å². The summed E-state index contributed by atoms with van der Waals surface area (Å²) in [5.74, 6) is -1.58. The topological polar surface area (TPSA) is 133 Å². The molecule has 0 aliphatic heterocycles. The average molecular weight is 486 g/mol. The Morgan fingerprint density at radius 1 is 0.559 bits per heavy atom. The van der Waals surface area contributed by atoms with Crippen molar-refractivity contribution in [3.05, 3.63) is 0 Å². The lowest BCUT2D eigenvalue weighted by molar-refractivity contribution is -0.146. The van der Waals surface area contributed by atoms with Crippen molar-refractivity contribution in [3.63, 3.8) is 0 Å². The van der Waals surface area contributed by atoms with E-state index < -0.39 is 17.9 Å². The van der Waals surface area contributed by atoms with Gasteiger partial charge in [0.2, 0.25) is 0 Å². The molecule has 34 heavy (non-hydrogen) atoms. The van der Waals surface area contributed by atoms with Crippen LogP contribution in [0.25, 0.3) is 0 Å². The van der Waals surface area contributed by atoms with Gasteiger partial charge in [-0.15, -0.1) is 0 Å². The third-order valence-corrected chi connectivity index (χ3v) is 4.79. The molecular weight excluding hydrogens is 446 g/mol. The van der Waals surface area contributed by atoms with Crippen LogP contribution in [-0.2, 0) is 43.0 Å². The van der Waals surface area contributed by atoms with E-state index in [0.29, 0.717) is 26.1 Å². The number of carbonyl (C=O) groups excluding carboxylic acids is 6. The largest absolute Gasteiger partial charge is 0.464 e. The number of rotatable bonds is 21. The highest BCUT2D eigenvalue weighted by Crippen LogP contribution is 2.03. The van der Waals surface area contributed by atoms with Crippen LogP contribution in [0, 0.1) is 0 Å². The Morgan fingerprint density at radius 2 is 0.941 bits per heavy atom. The zero-order chi connectivity index (χ0) is 25.8. The van der Waals surface area contributed by atoms with Gasteiger partial charge in [0.1, 0.15) is 37.2 Å². The Bertz CT molecular complexity index is 639. The van der Waals surface area contributed by atoms with E-state index in [1.54, 1.807) is 4.90 Å². The van der Waals surface area contributed by atoms with Crippen LogP contribution in [0.5, 0.6) is 0 Å². The van der Waals surface area contributed by atoms with E-state index in [4.69, 9.17) is 14.2 Å². The molecule has 0 radical (unpaired) electrons. The highest BCUT2D eigenvalue weighted by atomic mass is 16.5. The lowest BCUT2D eigenvalue weighted by Crippen LogP contribution is -2.35. The van der Waals surface area contributed by atoms with E-state index in [0.717, 1.165) is 12.8 Å². The summed E-state index contributed by atoms with van der Waals surface area (Å²) < 4.78 is 15.4. The second-order valence-corrected chi connectivity index (χ2v) is 8.05. The smallest absolute Gasteiger partial charge is 0.306 e. The van der Waals surface area contributed by atoms with Crippen molar-refractivity contribution >= 4 is 35.3 Å². The third-order valence-electron chi connectivity index (χ3n) is 4.79. The number of unbranched alkanes of at least 4 members (excludes halogenated alkanes) is 1. The lowest BCUT2D eigenvalue weighted by Gasteiger charge is -2.22. The molecule has 10 heteroatoms. The summed E-state index contributed by atoms with van der Waals surface area (Å²) >= 11 is 0. The first kappa shape index (κ1) is 31.4. The minimum Gasteiger partial charge on any atom is -0.464 e. The zero-order valence-corrected chi connectivity index (χ0v) is 20.7. The molecule has 0 aromatic rings. The number of nitrogens with zero attached hydrogens (tertiary/aromatic N) is 1. The summed E-state index contributed by atoms with van der Waals surface area (Å²) in [5.41, 5.74) is 0. The molecular formula is C24H39NO9. The normalized spacial score (nSPS) is 10.6. The minimum absolute atomic E-state index is 0.0116. The van der Waals surface area contributed by atoms with Crippen molar-refractivity contribution in [1.29, 1.82) is 0 Å². The van der Waals surface area contributed by atoms with E-state index in [1.807, 2.05) is 6.92 Å². The maximum Gasteiger partial charge on any atom is 0.306 e. The number of ketones is 3. The third kappa shape index (κ3) is 20.0. The van der Waals surface area contributed by atoms with Gasteiger partial charge in [0, 0.05) is 45.3 Å². The first-order chi connectivity index (χ1) is 16.1. The molecule has 0 unspecified atom stereocenters. The molecule has 0 heterocycles. The maximum absolute atomic E-state index is 11.9. The summed E-state index contributed by atoms with van der Waals surface area (Å²) in [4.78, 5) is 70.6. The first-order valence-electron chi connectivity index (χ1n) is 11.8. The molecule has 0 aliphatic carbocycles. The quantitative estimate of drug-likeness (QED) is 0.176. The number of hydrogen-bond donors (Lipinski definition) is 0. The molecule has 0 fully saturated rings. The van der Waals surface area contributed by atoms with Crippen molar-refractivity contribution in [2.45, 2.75) is 78.6 Å². The molecule has 0 aromatic heterocycles. The molecule has 0 spiro atoms. The van der Waals surface area contributed by atoms with Gasteiger partial charge in [0.25, 0.3) is 0 Å². The Balaban J connectivity index is 4.42. The Kier molecular flexibility index (Phi) is 18.3. The molecule has 0 atom stereocenters. The van der Waals surface area contributed by atoms with E-state index in [-0.39, 0.29) is 75.7 Å². The van der Waals surface area contributed by atoms with Crippen LogP contribution in [0.1, 0.15) is 78.6 Å². The van der Waals surface area contributed by atoms with Crippen LogP contribution in [0.15, 0.2) is 0 Å². The average Bonchev–Trinajstić information content (AvgIpc) is 2.78. The molecule has 0 rings (SSSR count). The highest BCUT2D eigenvalue weighted by molar-refractivity contribution is 5.83. The number of ether oxygens (including phenoxy) is 3. The molecule has 0 aromatic carbocycles. The van der Waals surface area contributed by atoms with Gasteiger partial charge >= 0.3 is 17.9 Å². The summed E-state index contributed by atoms with van der Waals surface area (Å²) in [7, 11) is 0. The van der Waals surface area contributed by atoms with Crippen molar-refractivity contribution in [2.24, 2.45) is 0 Å². The van der Waals surface area contributed by atoms with Gasteiger partial charge in [-0.05, 0) is 20.3 Å². The van der Waals surface area contributed by atoms with Gasteiger partial charge in [0.15, 0.2) is 0 Å². The van der Waals surface area contributed by atoms with E-state index in [1.165, 1.54) is 13.8 Å². The molecule has 10 nitrogen and oxygen atoms in total. The van der Waals surface area contributed by atoms with Crippen molar-refractivity contribution < 1.29 is 43.0 Å². The van der Waals surface area contributed by atoms with Gasteiger partial charge in [-0.2, -0.15) is 0 Å². The first-order valence-corrected chi connectivity index (χ1v) is 11.8. The van der Waals surface area contributed by atoms with Gasteiger partial charge in [-0.1, -0.05) is 13.3 Å². The molecule has 194 valence electrons. The molecule has 0 saturated carbocycles. The van der Waals surface area contributed by atoms with Gasteiger partial charge in [-0.25, -0.2) is 0 Å². The fourth-order valence-electron chi connectivity index (χ4n) is 2.71. The number of carbonyl (C=O) groups is 6. The second-order valence-electron chi connectivity index (χ2n) is 8.05. The van der Waals surface area contributed by atoms with Gasteiger partial charge in [0.05, 0.1) is 19.3 Å². The minimum atomic E-state index is -0.482. The SMILES string of the molecule is CCCCC(=O)CCC(=O)OCCN(CCOC(=O)CCC(C)=O)CCOC(=O)CCC(C)=O. The van der Waals surface area contributed by atoms with E-state index in [9.17, 15) is 28.8 Å². The molecule has 0 N–H and O–H groups in total. The molecule has 0 saturated heterocycles. The van der Waals surface area contributed by atoms with E-state index in [2.05, 4.69) is 0 Å². The molecule has 0 bridgehead atoms. The maximum atomic E-state index is 11.9. The fraction of sp³-hybridized carbons (Fsp3) is 0.750. The predicted octanol–water partition coefficient (Wildman–Crippen LogP) is 2.20. The Hall–Kier alpha value is -2.62. The highest BCUT2D eigenvalue weighted by Gasteiger charge is 2.13. The molecule has 0 aliphatic rings. The summed E-state index contributed by atoms with van der Waals surface area (Å²) in [6, 6.07) is 0. The van der Waals surface area contributed by atoms with Crippen LogP contribution >= 0.6 is 0 Å². The Morgan fingerprint density at radius 3 is 1.29 bits per heavy atom. The van der Waals surface area contributed by atoms with Crippen molar-refractivity contribution in [1.82, 2.24) is 4.90 Å². The van der Waals surface area contributed by atoms with Gasteiger partial charge < -0.3 is 23.8 Å². The Labute approximate surface area is 201 Å². The van der Waals surface area contributed by atoms with Crippen LogP contribution in [0.4, 0.5) is 0 Å². The summed E-state index contributed by atoms with van der Waals surface area (Å²) in [5, 5.41) is 0. The lowest BCUT2D eigenvalue weighted by atomic mass is 10.1. The monoisotopic (exact) mass is 485 g/mol. The van der Waals surface area contributed by atoms with E-state index >= 15 is 0 Å². The fourth-order valence-corrected chi connectivity index (χ4v) is 2.71. The van der Waals surface area contributed by atoms with Crippen molar-refractivity contribution in [3.8, 4) is 0 Å². The number of hydrogen-bond acceptors (Lipinski definition) is 10. The van der Waals surface area contributed by atoms with Crippen LogP contribution in [0.2, 0.25) is 0 Å². The summed E-state index contributed by atoms with van der Waals surface area (Å²) in [6.07, 6.45) is 2.65. The summed E-state index contributed by atoms with van der Waals surface area (Å²) in [6.45, 7) is 5.92. The number of esters is 3. The molecule has 0 amide bonds. The van der Waals surface area contributed by atoms with Crippen LogP contribution in [0.3, 0.4) is 0 Å². The standard InChI is InChI=1S/C24H39NO9/c1-4-5-6-21(28)9-12-24(31)34-18-15-25(13-16-32-22(29)10-7-19(2)26)14-17-33-23(30)11-8-20(3)27/h4-18H2,1-3H3. The van der Waals surface area contributed by atoms with Crippen LogP contribution < -0.4 is 0 Å². The van der Waals surface area contributed by atoms with Gasteiger partial charge in [-0.3, -0.25) is 24.1 Å². The number of Topliss-reactive ketones (excluding diaryl/α,β-unsaturated/α-hetero) is 3. The predicted molar refractivity (Wildman–Crippen MR) is 123 cm³/mol. The van der Waals surface area contributed by atoms with Crippen molar-refractivity contribution in [2.75, 3.05) is 39.5 Å². The second kappa shape index (κ2) is 19.8. The zero-order valence-electron chi connectivity index (χ0n) is 20.7.